The minimum absolute atomic E-state index is 0.0746. The summed E-state index contributed by atoms with van der Waals surface area (Å²) in [4.78, 5) is 37.8. The average Bonchev–Trinajstić information content (AvgIpc) is 3.36. The van der Waals surface area contributed by atoms with Gasteiger partial charge in [-0.25, -0.2) is 0 Å². The maximum Gasteiger partial charge on any atom is 0.306 e. The molecule has 1 atom stereocenters. The normalized spacial score (nSPS) is 12.8. The van der Waals surface area contributed by atoms with E-state index in [9.17, 15) is 14.4 Å². The Labute approximate surface area is 432 Å². The summed E-state index contributed by atoms with van der Waals surface area (Å²) < 4.78 is 16.7. The smallest absolute Gasteiger partial charge is 0.306 e. The molecule has 0 N–H and O–H groups in total. The molecule has 0 aliphatic heterocycles. The van der Waals surface area contributed by atoms with Gasteiger partial charge in [0.2, 0.25) is 0 Å². The lowest BCUT2D eigenvalue weighted by atomic mass is 10.1. The number of allylic oxidation sites excluding steroid dienone is 16. The second-order valence-electron chi connectivity index (χ2n) is 19.2. The van der Waals surface area contributed by atoms with E-state index in [4.69, 9.17) is 14.2 Å². The fourth-order valence-corrected chi connectivity index (χ4v) is 7.99. The van der Waals surface area contributed by atoms with Crippen molar-refractivity contribution in [3.8, 4) is 0 Å². The lowest BCUT2D eigenvalue weighted by Crippen LogP contribution is -2.30. The van der Waals surface area contributed by atoms with E-state index < -0.39 is 6.10 Å². The minimum atomic E-state index is -0.771. The van der Waals surface area contributed by atoms with Crippen LogP contribution in [0.25, 0.3) is 0 Å². The largest absolute Gasteiger partial charge is 0.462 e. The lowest BCUT2D eigenvalue weighted by Gasteiger charge is -2.18. The van der Waals surface area contributed by atoms with E-state index in [1.165, 1.54) is 122 Å². The molecule has 0 amide bonds. The van der Waals surface area contributed by atoms with Crippen LogP contribution in [0.3, 0.4) is 0 Å². The fourth-order valence-electron chi connectivity index (χ4n) is 7.99. The number of rotatable bonds is 52. The molecule has 0 spiro atoms. The van der Waals surface area contributed by atoms with Gasteiger partial charge in [0.25, 0.3) is 0 Å². The number of hydrogen-bond acceptors (Lipinski definition) is 6. The molecule has 0 radical (unpaired) electrons. The number of hydrogen-bond donors (Lipinski definition) is 0. The molecular weight excluding hydrogens is 865 g/mol. The first-order valence-corrected chi connectivity index (χ1v) is 29.2. The van der Waals surface area contributed by atoms with Crippen LogP contribution in [0.15, 0.2) is 97.2 Å². The van der Waals surface area contributed by atoms with Gasteiger partial charge in [-0.3, -0.25) is 14.4 Å². The standard InChI is InChI=1S/C64H108O6/c1-4-7-10-13-16-19-20-21-22-23-24-25-26-27-28-29-30-31-32-33-34-35-36-37-38-39-40-41-42-43-44-46-48-51-54-57-63(66)69-60-61(59-68-62(65)56-53-50-47-18-15-12-9-6-3)70-64(67)58-55-52-49-45-17-14-11-8-5-2/h7,10,16,19,21-22,24-25,27-28,30-31,33-34,36-37,61H,4-6,8-9,11-15,17-18,20,23,26,29,32,35,38-60H2,1-3H3/b10-7-,19-16-,22-21-,25-24-,28-27-,31-30-,34-33-,37-36-. The van der Waals surface area contributed by atoms with E-state index in [0.29, 0.717) is 19.3 Å². The molecule has 0 aromatic rings. The maximum atomic E-state index is 12.7. The zero-order chi connectivity index (χ0) is 50.7. The van der Waals surface area contributed by atoms with Gasteiger partial charge in [-0.2, -0.15) is 0 Å². The third-order valence-electron chi connectivity index (χ3n) is 12.4. The molecule has 0 aromatic carbocycles. The van der Waals surface area contributed by atoms with E-state index in [0.717, 1.165) is 109 Å². The maximum absolute atomic E-state index is 12.7. The van der Waals surface area contributed by atoms with E-state index in [1.54, 1.807) is 0 Å². The van der Waals surface area contributed by atoms with Crippen LogP contribution in [-0.4, -0.2) is 37.2 Å². The first-order valence-electron chi connectivity index (χ1n) is 29.2. The van der Waals surface area contributed by atoms with Gasteiger partial charge in [-0.15, -0.1) is 0 Å². The minimum Gasteiger partial charge on any atom is -0.462 e. The summed E-state index contributed by atoms with van der Waals surface area (Å²) in [5.41, 5.74) is 0. The molecule has 400 valence electrons. The molecule has 70 heavy (non-hydrogen) atoms. The zero-order valence-electron chi connectivity index (χ0n) is 45.8. The Balaban J connectivity index is 4.02. The van der Waals surface area contributed by atoms with Crippen LogP contribution in [0.5, 0.6) is 0 Å². The summed E-state index contributed by atoms with van der Waals surface area (Å²) in [6.07, 6.45) is 77.2. The van der Waals surface area contributed by atoms with Crippen molar-refractivity contribution in [1.29, 1.82) is 0 Å². The molecule has 0 aliphatic carbocycles. The third-order valence-corrected chi connectivity index (χ3v) is 12.4. The summed E-state index contributed by atoms with van der Waals surface area (Å²) in [5.74, 6) is -0.884. The highest BCUT2D eigenvalue weighted by Crippen LogP contribution is 2.15. The summed E-state index contributed by atoms with van der Waals surface area (Å²) in [6, 6.07) is 0. The highest BCUT2D eigenvalue weighted by molar-refractivity contribution is 5.71. The summed E-state index contributed by atoms with van der Waals surface area (Å²) in [5, 5.41) is 0. The number of esters is 3. The van der Waals surface area contributed by atoms with Crippen LogP contribution >= 0.6 is 0 Å². The third kappa shape index (κ3) is 55.3. The van der Waals surface area contributed by atoms with E-state index in [-0.39, 0.29) is 31.1 Å². The monoisotopic (exact) mass is 973 g/mol. The van der Waals surface area contributed by atoms with E-state index in [1.807, 2.05) is 0 Å². The average molecular weight is 974 g/mol. The Morgan fingerprint density at radius 1 is 0.300 bits per heavy atom. The SMILES string of the molecule is CC/C=C\C/C=C\C/C=C\C/C=C\C/C=C\C/C=C\C/C=C\C/C=C\CCCCCCCCCCCCC(=O)OCC(COC(=O)CCCCCCCCCC)OC(=O)CCCCCCCCCCC. The quantitative estimate of drug-likeness (QED) is 0.0262. The Kier molecular flexibility index (Phi) is 54.9. The predicted octanol–water partition coefficient (Wildman–Crippen LogP) is 19.7. The molecule has 0 saturated carbocycles. The highest BCUT2D eigenvalue weighted by atomic mass is 16.6. The van der Waals surface area contributed by atoms with Crippen LogP contribution in [-0.2, 0) is 28.6 Å². The molecule has 0 fully saturated rings. The molecule has 1 unspecified atom stereocenters. The summed E-state index contributed by atoms with van der Waals surface area (Å²) in [6.45, 7) is 6.47. The van der Waals surface area contributed by atoms with Crippen LogP contribution in [0.4, 0.5) is 0 Å². The molecule has 6 heteroatoms. The van der Waals surface area contributed by atoms with Crippen molar-refractivity contribution >= 4 is 17.9 Å². The predicted molar refractivity (Wildman–Crippen MR) is 302 cm³/mol. The van der Waals surface area contributed by atoms with Gasteiger partial charge in [-0.1, -0.05) is 266 Å². The van der Waals surface area contributed by atoms with Crippen LogP contribution < -0.4 is 0 Å². The van der Waals surface area contributed by atoms with Gasteiger partial charge in [0.15, 0.2) is 6.10 Å². The van der Waals surface area contributed by atoms with Crippen molar-refractivity contribution in [3.63, 3.8) is 0 Å². The molecular formula is C64H108O6. The lowest BCUT2D eigenvalue weighted by molar-refractivity contribution is -0.167. The molecule has 0 saturated heterocycles. The van der Waals surface area contributed by atoms with Crippen molar-refractivity contribution in [3.05, 3.63) is 97.2 Å². The van der Waals surface area contributed by atoms with Gasteiger partial charge in [-0.05, 0) is 83.5 Å². The summed E-state index contributed by atoms with van der Waals surface area (Å²) in [7, 11) is 0. The first kappa shape index (κ1) is 66.3. The van der Waals surface area contributed by atoms with Gasteiger partial charge in [0, 0.05) is 19.3 Å². The Morgan fingerprint density at radius 3 is 0.871 bits per heavy atom. The topological polar surface area (TPSA) is 78.9 Å². The Morgan fingerprint density at radius 2 is 0.557 bits per heavy atom. The zero-order valence-corrected chi connectivity index (χ0v) is 45.8. The fraction of sp³-hybridized carbons (Fsp3) is 0.703. The highest BCUT2D eigenvalue weighted by Gasteiger charge is 2.19. The van der Waals surface area contributed by atoms with Gasteiger partial charge in [0.1, 0.15) is 13.2 Å². The molecule has 0 aliphatic rings. The number of unbranched alkanes of at least 4 members (excludes halogenated alkanes) is 25. The van der Waals surface area contributed by atoms with Crippen molar-refractivity contribution in [2.75, 3.05) is 13.2 Å². The van der Waals surface area contributed by atoms with E-state index in [2.05, 4.69) is 118 Å². The van der Waals surface area contributed by atoms with Crippen molar-refractivity contribution in [1.82, 2.24) is 0 Å². The Hall–Kier alpha value is -3.67. The Bertz CT molecular complexity index is 1400. The number of carbonyl (C=O) groups excluding carboxylic acids is 3. The van der Waals surface area contributed by atoms with Gasteiger partial charge < -0.3 is 14.2 Å². The van der Waals surface area contributed by atoms with Crippen molar-refractivity contribution in [2.45, 2.75) is 277 Å². The number of ether oxygens (including phenoxy) is 3. The molecule has 0 heterocycles. The van der Waals surface area contributed by atoms with Crippen LogP contribution in [0, 0.1) is 0 Å². The van der Waals surface area contributed by atoms with E-state index >= 15 is 0 Å². The van der Waals surface area contributed by atoms with Crippen LogP contribution in [0.2, 0.25) is 0 Å². The summed E-state index contributed by atoms with van der Waals surface area (Å²) >= 11 is 0. The molecule has 0 rings (SSSR count). The molecule has 6 nitrogen and oxygen atoms in total. The second kappa shape index (κ2) is 57.9. The second-order valence-corrected chi connectivity index (χ2v) is 19.2. The van der Waals surface area contributed by atoms with Crippen molar-refractivity contribution < 1.29 is 28.6 Å². The molecule has 0 aromatic heterocycles. The van der Waals surface area contributed by atoms with Crippen LogP contribution in [0.1, 0.15) is 271 Å². The van der Waals surface area contributed by atoms with Gasteiger partial charge >= 0.3 is 17.9 Å². The van der Waals surface area contributed by atoms with Gasteiger partial charge in [0.05, 0.1) is 0 Å². The van der Waals surface area contributed by atoms with Crippen molar-refractivity contribution in [2.24, 2.45) is 0 Å². The number of carbonyl (C=O) groups is 3. The molecule has 0 bridgehead atoms. The first-order chi connectivity index (χ1) is 34.5.